The first kappa shape index (κ1) is 28.3. The smallest absolute Gasteiger partial charge is 0.328 e. The summed E-state index contributed by atoms with van der Waals surface area (Å²) in [7, 11) is 0. The second kappa shape index (κ2) is 11.9. The number of urea groups is 1. The SMILES string of the molecule is Nc1ncnc2c1c(-c1ccc(Oc3ccccc3)cc1)nn2C1CCN(Cc2cc(N3CCC(=O)NC3=O)cnc2F)CC1. The molecule has 5 aromatic rings. The van der Waals surface area contributed by atoms with Crippen molar-refractivity contribution in [2.45, 2.75) is 31.8 Å². The van der Waals surface area contributed by atoms with Gasteiger partial charge < -0.3 is 10.5 Å². The minimum absolute atomic E-state index is 0.0522. The lowest BCUT2D eigenvalue weighted by molar-refractivity contribution is -0.120. The number of anilines is 2. The number of hydrogen-bond donors (Lipinski definition) is 2. The number of halogens is 1. The molecule has 3 N–H and O–H groups in total. The van der Waals surface area contributed by atoms with Gasteiger partial charge in [0.25, 0.3) is 0 Å². The minimum Gasteiger partial charge on any atom is -0.457 e. The van der Waals surface area contributed by atoms with Crippen molar-refractivity contribution in [2.75, 3.05) is 30.3 Å². The molecule has 0 unspecified atom stereocenters. The molecule has 0 atom stereocenters. The lowest BCUT2D eigenvalue weighted by Crippen LogP contribution is -2.49. The number of imide groups is 1. The summed E-state index contributed by atoms with van der Waals surface area (Å²) in [4.78, 5) is 40.0. The summed E-state index contributed by atoms with van der Waals surface area (Å²) in [5, 5.41) is 7.98. The van der Waals surface area contributed by atoms with E-state index in [1.165, 1.54) is 17.4 Å². The molecule has 0 spiro atoms. The Labute approximate surface area is 257 Å². The van der Waals surface area contributed by atoms with Crippen LogP contribution in [0.3, 0.4) is 0 Å². The highest BCUT2D eigenvalue weighted by Crippen LogP contribution is 2.35. The molecule has 13 heteroatoms. The first-order valence-corrected chi connectivity index (χ1v) is 14.7. The number of carbonyl (C=O) groups is 2. The number of hydrogen-bond acceptors (Lipinski definition) is 9. The van der Waals surface area contributed by atoms with Gasteiger partial charge in [0.15, 0.2) is 5.65 Å². The number of carbonyl (C=O) groups excluding carboxylic acids is 2. The zero-order chi connectivity index (χ0) is 30.9. The van der Waals surface area contributed by atoms with E-state index in [0.717, 1.165) is 24.2 Å². The van der Waals surface area contributed by atoms with Crippen LogP contribution in [0.15, 0.2) is 73.2 Å². The van der Waals surface area contributed by atoms with E-state index in [-0.39, 0.29) is 24.9 Å². The zero-order valence-corrected chi connectivity index (χ0v) is 24.3. The number of nitrogens with two attached hydrogens (primary N) is 1. The first-order valence-electron chi connectivity index (χ1n) is 14.7. The molecule has 12 nitrogen and oxygen atoms in total. The highest BCUT2D eigenvalue weighted by atomic mass is 19.1. The Morgan fingerprint density at radius 1 is 0.956 bits per heavy atom. The van der Waals surface area contributed by atoms with Gasteiger partial charge in [-0.05, 0) is 55.3 Å². The number of rotatable bonds is 7. The summed E-state index contributed by atoms with van der Waals surface area (Å²) >= 11 is 0. The van der Waals surface area contributed by atoms with Gasteiger partial charge in [-0.25, -0.2) is 24.4 Å². The number of nitrogen functional groups attached to an aromatic ring is 1. The third-order valence-electron chi connectivity index (χ3n) is 8.18. The van der Waals surface area contributed by atoms with Crippen LogP contribution in [0.4, 0.5) is 20.7 Å². The Bertz CT molecular complexity index is 1870. The molecule has 3 amide bonds. The fraction of sp³-hybridized carbons (Fsp3) is 0.250. The van der Waals surface area contributed by atoms with E-state index >= 15 is 0 Å². The Morgan fingerprint density at radius 3 is 2.47 bits per heavy atom. The van der Waals surface area contributed by atoms with E-state index in [1.54, 1.807) is 6.07 Å². The van der Waals surface area contributed by atoms with Crippen molar-refractivity contribution in [3.05, 3.63) is 84.7 Å². The van der Waals surface area contributed by atoms with Crippen molar-refractivity contribution >= 4 is 34.5 Å². The molecule has 0 aliphatic carbocycles. The fourth-order valence-electron chi connectivity index (χ4n) is 5.87. The second-order valence-electron chi connectivity index (χ2n) is 11.1. The Morgan fingerprint density at radius 2 is 1.71 bits per heavy atom. The molecule has 228 valence electrons. The molecule has 0 radical (unpaired) electrons. The van der Waals surface area contributed by atoms with Crippen molar-refractivity contribution in [2.24, 2.45) is 0 Å². The number of likely N-dealkylation sites (tertiary alicyclic amines) is 1. The Kier molecular flexibility index (Phi) is 7.51. The average molecular weight is 608 g/mol. The normalized spacial score (nSPS) is 16.2. The first-order chi connectivity index (χ1) is 21.9. The molecule has 45 heavy (non-hydrogen) atoms. The Balaban J connectivity index is 1.07. The monoisotopic (exact) mass is 607 g/mol. The van der Waals surface area contributed by atoms with Crippen LogP contribution in [0.2, 0.25) is 0 Å². The molecule has 0 saturated carbocycles. The van der Waals surface area contributed by atoms with E-state index < -0.39 is 12.0 Å². The van der Waals surface area contributed by atoms with E-state index in [4.69, 9.17) is 15.6 Å². The van der Waals surface area contributed by atoms with Crippen LogP contribution < -0.4 is 20.7 Å². The summed E-state index contributed by atoms with van der Waals surface area (Å²) in [6, 6.07) is 18.4. The van der Waals surface area contributed by atoms with Crippen molar-refractivity contribution in [1.29, 1.82) is 0 Å². The summed E-state index contributed by atoms with van der Waals surface area (Å²) in [5.74, 6) is 0.911. The van der Waals surface area contributed by atoms with Gasteiger partial charge in [-0.3, -0.25) is 19.9 Å². The summed E-state index contributed by atoms with van der Waals surface area (Å²) in [5.41, 5.74) is 9.43. The van der Waals surface area contributed by atoms with Gasteiger partial charge in [0.2, 0.25) is 11.9 Å². The number of piperidine rings is 1. The minimum atomic E-state index is -0.579. The molecular formula is C32H30FN9O3. The molecule has 7 rings (SSSR count). The maximum Gasteiger partial charge on any atom is 0.328 e. The van der Waals surface area contributed by atoms with Crippen molar-refractivity contribution < 1.29 is 18.7 Å². The molecule has 0 bridgehead atoms. The van der Waals surface area contributed by atoms with Gasteiger partial charge in [0.1, 0.15) is 29.3 Å². The summed E-state index contributed by atoms with van der Waals surface area (Å²) < 4.78 is 22.6. The zero-order valence-electron chi connectivity index (χ0n) is 24.3. The number of para-hydroxylation sites is 1. The quantitative estimate of drug-likeness (QED) is 0.252. The second-order valence-corrected chi connectivity index (χ2v) is 11.1. The predicted molar refractivity (Wildman–Crippen MR) is 165 cm³/mol. The highest BCUT2D eigenvalue weighted by Gasteiger charge is 2.28. The van der Waals surface area contributed by atoms with Crippen LogP contribution in [-0.4, -0.2) is 61.2 Å². The number of ether oxygens (including phenoxy) is 1. The van der Waals surface area contributed by atoms with Crippen LogP contribution in [-0.2, 0) is 11.3 Å². The molecule has 2 aliphatic rings. The lowest BCUT2D eigenvalue weighted by Gasteiger charge is -2.32. The largest absolute Gasteiger partial charge is 0.457 e. The number of amides is 3. The van der Waals surface area contributed by atoms with Crippen molar-refractivity contribution in [3.8, 4) is 22.8 Å². The van der Waals surface area contributed by atoms with Gasteiger partial charge in [-0.2, -0.15) is 9.49 Å². The maximum absolute atomic E-state index is 14.7. The number of nitrogens with zero attached hydrogens (tertiary/aromatic N) is 7. The molecule has 2 fully saturated rings. The molecular weight excluding hydrogens is 577 g/mol. The molecule has 2 aromatic carbocycles. The van der Waals surface area contributed by atoms with Crippen molar-refractivity contribution in [1.82, 2.24) is 34.9 Å². The number of pyridine rings is 1. The lowest BCUT2D eigenvalue weighted by atomic mass is 10.0. The van der Waals surface area contributed by atoms with Crippen LogP contribution in [0.25, 0.3) is 22.3 Å². The summed E-state index contributed by atoms with van der Waals surface area (Å²) in [6.07, 6.45) is 4.47. The highest BCUT2D eigenvalue weighted by molar-refractivity contribution is 6.05. The number of benzene rings is 2. The molecule has 2 aliphatic heterocycles. The van der Waals surface area contributed by atoms with E-state index in [2.05, 4.69) is 25.2 Å². The summed E-state index contributed by atoms with van der Waals surface area (Å²) in [6.45, 7) is 1.94. The van der Waals surface area contributed by atoms with Crippen LogP contribution >= 0.6 is 0 Å². The Hall–Kier alpha value is -5.43. The average Bonchev–Trinajstić information content (AvgIpc) is 3.44. The number of nitrogens with one attached hydrogen (secondary N) is 1. The fourth-order valence-corrected chi connectivity index (χ4v) is 5.87. The third kappa shape index (κ3) is 5.77. The van der Waals surface area contributed by atoms with Crippen molar-refractivity contribution in [3.63, 3.8) is 0 Å². The van der Waals surface area contributed by atoms with Gasteiger partial charge in [-0.15, -0.1) is 0 Å². The van der Waals surface area contributed by atoms with E-state index in [0.29, 0.717) is 59.2 Å². The van der Waals surface area contributed by atoms with Crippen LogP contribution in [0, 0.1) is 5.95 Å². The van der Waals surface area contributed by atoms with Crippen LogP contribution in [0.1, 0.15) is 30.9 Å². The molecule has 3 aromatic heterocycles. The van der Waals surface area contributed by atoms with Gasteiger partial charge in [0.05, 0.1) is 23.3 Å². The van der Waals surface area contributed by atoms with Gasteiger partial charge in [0, 0.05) is 43.7 Å². The molecule has 5 heterocycles. The van der Waals surface area contributed by atoms with Gasteiger partial charge in [-0.1, -0.05) is 18.2 Å². The molecule has 2 saturated heterocycles. The number of fused-ring (bicyclic) bond motifs is 1. The van der Waals surface area contributed by atoms with Crippen LogP contribution in [0.5, 0.6) is 11.5 Å². The number of aromatic nitrogens is 5. The topological polar surface area (TPSA) is 144 Å². The van der Waals surface area contributed by atoms with E-state index in [1.807, 2.05) is 59.3 Å². The third-order valence-corrected chi connectivity index (χ3v) is 8.18. The maximum atomic E-state index is 14.7. The van der Waals surface area contributed by atoms with E-state index in [9.17, 15) is 14.0 Å². The predicted octanol–water partition coefficient (Wildman–Crippen LogP) is 4.69. The standard InChI is InChI=1S/C32H30FN9O3/c33-29-21(16-23(17-35-29)41-15-12-26(43)38-32(41)44)18-40-13-10-22(11-14-40)42-31-27(30(34)36-19-37-31)28(39-42)20-6-8-25(9-7-20)45-24-4-2-1-3-5-24/h1-9,16-17,19,22H,10-15,18H2,(H2,34,36,37)(H,38,43,44). The van der Waals surface area contributed by atoms with Gasteiger partial charge >= 0.3 is 6.03 Å².